The molecule has 0 spiro atoms. The van der Waals surface area contributed by atoms with Gasteiger partial charge in [0.15, 0.2) is 0 Å². The number of carbonyl (C=O) groups excluding carboxylic acids is 1. The summed E-state index contributed by atoms with van der Waals surface area (Å²) in [6.07, 6.45) is 1.64. The maximum Gasteiger partial charge on any atom is 0.256 e. The van der Waals surface area contributed by atoms with Gasteiger partial charge in [0.25, 0.3) is 5.91 Å². The number of halogens is 1. The molecule has 1 N–H and O–H groups in total. The molecular formula is C16H17BrN2O2. The van der Waals surface area contributed by atoms with Crippen LogP contribution >= 0.6 is 15.9 Å². The molecule has 1 amide bonds. The van der Waals surface area contributed by atoms with E-state index < -0.39 is 0 Å². The molecule has 0 atom stereocenters. The zero-order valence-corrected chi connectivity index (χ0v) is 13.6. The van der Waals surface area contributed by atoms with Crippen molar-refractivity contribution in [2.75, 3.05) is 11.9 Å². The van der Waals surface area contributed by atoms with Crippen LogP contribution in [0.3, 0.4) is 0 Å². The Bertz CT molecular complexity index is 612. The molecule has 5 heteroatoms. The number of rotatable bonds is 5. The molecule has 2 aromatic rings. The molecule has 1 heterocycles. The summed E-state index contributed by atoms with van der Waals surface area (Å²) in [5.41, 5.74) is 0.543. The van der Waals surface area contributed by atoms with E-state index in [4.69, 9.17) is 4.74 Å². The first-order chi connectivity index (χ1) is 10.0. The van der Waals surface area contributed by atoms with Gasteiger partial charge in [-0.15, -0.1) is 0 Å². The van der Waals surface area contributed by atoms with Crippen LogP contribution in [0.1, 0.15) is 24.2 Å². The predicted molar refractivity (Wildman–Crippen MR) is 86.7 cm³/mol. The van der Waals surface area contributed by atoms with E-state index in [1.165, 1.54) is 0 Å². The van der Waals surface area contributed by atoms with Gasteiger partial charge in [-0.25, -0.2) is 4.98 Å². The van der Waals surface area contributed by atoms with Gasteiger partial charge < -0.3 is 10.1 Å². The SMILES string of the molecule is CC(C)COc1cccc(C(=O)Nc2ccc(Br)cn2)c1. The molecule has 0 saturated carbocycles. The zero-order valence-electron chi connectivity index (χ0n) is 12.0. The highest BCUT2D eigenvalue weighted by Gasteiger charge is 2.08. The third kappa shape index (κ3) is 4.86. The van der Waals surface area contributed by atoms with E-state index >= 15 is 0 Å². The number of hydrogen-bond donors (Lipinski definition) is 1. The smallest absolute Gasteiger partial charge is 0.256 e. The van der Waals surface area contributed by atoms with Crippen LogP contribution in [-0.4, -0.2) is 17.5 Å². The average Bonchev–Trinajstić information content (AvgIpc) is 2.48. The Balaban J connectivity index is 2.05. The van der Waals surface area contributed by atoms with Gasteiger partial charge in [-0.3, -0.25) is 4.79 Å². The maximum absolute atomic E-state index is 12.2. The van der Waals surface area contributed by atoms with Gasteiger partial charge in [0.1, 0.15) is 11.6 Å². The van der Waals surface area contributed by atoms with Crippen LogP contribution in [0.5, 0.6) is 5.75 Å². The van der Waals surface area contributed by atoms with Crippen LogP contribution in [0.25, 0.3) is 0 Å². The highest BCUT2D eigenvalue weighted by molar-refractivity contribution is 9.10. The van der Waals surface area contributed by atoms with E-state index in [0.29, 0.717) is 29.7 Å². The maximum atomic E-state index is 12.2. The summed E-state index contributed by atoms with van der Waals surface area (Å²) in [5, 5.41) is 2.75. The Morgan fingerprint density at radius 2 is 2.14 bits per heavy atom. The average molecular weight is 349 g/mol. The van der Waals surface area contributed by atoms with Crippen molar-refractivity contribution in [3.63, 3.8) is 0 Å². The predicted octanol–water partition coefficient (Wildman–Crippen LogP) is 4.13. The Kier molecular flexibility index (Phi) is 5.33. The highest BCUT2D eigenvalue weighted by Crippen LogP contribution is 2.16. The fraction of sp³-hybridized carbons (Fsp3) is 0.250. The molecule has 0 aliphatic heterocycles. The van der Waals surface area contributed by atoms with Crippen LogP contribution in [0.2, 0.25) is 0 Å². The molecule has 0 saturated heterocycles. The summed E-state index contributed by atoms with van der Waals surface area (Å²) < 4.78 is 6.49. The first-order valence-corrected chi connectivity index (χ1v) is 7.49. The van der Waals surface area contributed by atoms with Crippen LogP contribution in [0, 0.1) is 5.92 Å². The number of aromatic nitrogens is 1. The lowest BCUT2D eigenvalue weighted by Gasteiger charge is -2.10. The quantitative estimate of drug-likeness (QED) is 0.883. The normalized spacial score (nSPS) is 10.5. The van der Waals surface area contributed by atoms with Crippen LogP contribution in [-0.2, 0) is 0 Å². The molecule has 1 aromatic heterocycles. The van der Waals surface area contributed by atoms with Crippen molar-refractivity contribution < 1.29 is 9.53 Å². The van der Waals surface area contributed by atoms with E-state index in [0.717, 1.165) is 4.47 Å². The second-order valence-electron chi connectivity index (χ2n) is 5.05. The minimum Gasteiger partial charge on any atom is -0.493 e. The van der Waals surface area contributed by atoms with Gasteiger partial charge >= 0.3 is 0 Å². The van der Waals surface area contributed by atoms with Crippen LogP contribution < -0.4 is 10.1 Å². The first kappa shape index (κ1) is 15.5. The molecule has 21 heavy (non-hydrogen) atoms. The summed E-state index contributed by atoms with van der Waals surface area (Å²) in [6.45, 7) is 4.78. The molecule has 0 aliphatic carbocycles. The number of nitrogens with one attached hydrogen (secondary N) is 1. The standard InChI is InChI=1S/C16H17BrN2O2/c1-11(2)10-21-14-5-3-4-12(8-14)16(20)19-15-7-6-13(17)9-18-15/h3-9,11H,10H2,1-2H3,(H,18,19,20). The molecule has 4 nitrogen and oxygen atoms in total. The minimum absolute atomic E-state index is 0.209. The van der Waals surface area contributed by atoms with E-state index in [1.807, 2.05) is 12.1 Å². The molecule has 0 bridgehead atoms. The van der Waals surface area contributed by atoms with Crippen molar-refractivity contribution in [3.05, 3.63) is 52.6 Å². The molecule has 1 aromatic carbocycles. The van der Waals surface area contributed by atoms with Gasteiger partial charge in [0.2, 0.25) is 0 Å². The Labute approximate surface area is 132 Å². The topological polar surface area (TPSA) is 51.2 Å². The number of carbonyl (C=O) groups is 1. The van der Waals surface area contributed by atoms with E-state index in [1.54, 1.807) is 30.5 Å². The largest absolute Gasteiger partial charge is 0.493 e. The lowest BCUT2D eigenvalue weighted by atomic mass is 10.2. The molecule has 110 valence electrons. The summed E-state index contributed by atoms with van der Waals surface area (Å²) in [4.78, 5) is 16.3. The molecule has 0 radical (unpaired) electrons. The fourth-order valence-electron chi connectivity index (χ4n) is 1.63. The second-order valence-corrected chi connectivity index (χ2v) is 5.96. The van der Waals surface area contributed by atoms with Gasteiger partial charge in [-0.05, 0) is 52.2 Å². The molecule has 0 fully saturated rings. The van der Waals surface area contributed by atoms with Crippen molar-refractivity contribution >= 4 is 27.7 Å². The van der Waals surface area contributed by atoms with E-state index in [2.05, 4.69) is 40.1 Å². The van der Waals surface area contributed by atoms with Crippen LogP contribution in [0.4, 0.5) is 5.82 Å². The number of pyridine rings is 1. The molecule has 0 aliphatic rings. The Morgan fingerprint density at radius 1 is 1.33 bits per heavy atom. The Hall–Kier alpha value is -1.88. The number of hydrogen-bond acceptors (Lipinski definition) is 3. The lowest BCUT2D eigenvalue weighted by Crippen LogP contribution is -2.13. The lowest BCUT2D eigenvalue weighted by molar-refractivity contribution is 0.102. The van der Waals surface area contributed by atoms with Gasteiger partial charge in [0.05, 0.1) is 6.61 Å². The molecule has 0 unspecified atom stereocenters. The summed E-state index contributed by atoms with van der Waals surface area (Å²) in [7, 11) is 0. The number of benzene rings is 1. The summed E-state index contributed by atoms with van der Waals surface area (Å²) >= 11 is 3.30. The summed E-state index contributed by atoms with van der Waals surface area (Å²) in [6, 6.07) is 10.7. The second kappa shape index (κ2) is 7.22. The van der Waals surface area contributed by atoms with Crippen molar-refractivity contribution in [2.24, 2.45) is 5.92 Å². The number of amides is 1. The molecule has 2 rings (SSSR count). The van der Waals surface area contributed by atoms with E-state index in [9.17, 15) is 4.79 Å². The zero-order chi connectivity index (χ0) is 15.2. The fourth-order valence-corrected chi connectivity index (χ4v) is 1.86. The highest BCUT2D eigenvalue weighted by atomic mass is 79.9. The van der Waals surface area contributed by atoms with E-state index in [-0.39, 0.29) is 5.91 Å². The Morgan fingerprint density at radius 3 is 2.81 bits per heavy atom. The molecular weight excluding hydrogens is 332 g/mol. The monoisotopic (exact) mass is 348 g/mol. The number of ether oxygens (including phenoxy) is 1. The van der Waals surface area contributed by atoms with Crippen molar-refractivity contribution in [2.45, 2.75) is 13.8 Å². The minimum atomic E-state index is -0.209. The van der Waals surface area contributed by atoms with Gasteiger partial charge in [-0.1, -0.05) is 19.9 Å². The van der Waals surface area contributed by atoms with Crippen molar-refractivity contribution in [1.29, 1.82) is 0 Å². The summed E-state index contributed by atoms with van der Waals surface area (Å²) in [5.74, 6) is 1.44. The van der Waals surface area contributed by atoms with Crippen LogP contribution in [0.15, 0.2) is 47.1 Å². The van der Waals surface area contributed by atoms with Gasteiger partial charge in [-0.2, -0.15) is 0 Å². The van der Waals surface area contributed by atoms with Crippen molar-refractivity contribution in [1.82, 2.24) is 4.98 Å². The number of anilines is 1. The number of nitrogens with zero attached hydrogens (tertiary/aromatic N) is 1. The first-order valence-electron chi connectivity index (χ1n) is 6.70. The van der Waals surface area contributed by atoms with Gasteiger partial charge in [0, 0.05) is 16.2 Å². The van der Waals surface area contributed by atoms with Crippen molar-refractivity contribution in [3.8, 4) is 5.75 Å². The third-order valence-corrected chi connectivity index (χ3v) is 3.12. The third-order valence-electron chi connectivity index (χ3n) is 2.65.